The summed E-state index contributed by atoms with van der Waals surface area (Å²) >= 11 is 0. The molecule has 1 saturated heterocycles. The van der Waals surface area contributed by atoms with Crippen molar-refractivity contribution in [1.29, 1.82) is 0 Å². The van der Waals surface area contributed by atoms with Crippen LogP contribution in [0.4, 0.5) is 0 Å². The number of unbranched alkanes of at least 4 members (excludes halogenated alkanes) is 2. The smallest absolute Gasteiger partial charge is 0.248 e. The number of methoxy groups -OCH3 is 1. The van der Waals surface area contributed by atoms with Gasteiger partial charge in [-0.05, 0) is 25.9 Å². The Kier molecular flexibility index (Phi) is 7.16. The van der Waals surface area contributed by atoms with Crippen LogP contribution in [-0.4, -0.2) is 68.7 Å². The van der Waals surface area contributed by atoms with Crippen molar-refractivity contribution in [2.45, 2.75) is 19.3 Å². The molecule has 0 aliphatic carbocycles. The first-order valence-corrected chi connectivity index (χ1v) is 6.47. The average Bonchev–Trinajstić information content (AvgIpc) is 2.36. The summed E-state index contributed by atoms with van der Waals surface area (Å²) in [4.78, 5) is 15.9. The lowest BCUT2D eigenvalue weighted by Crippen LogP contribution is -2.49. The number of piperazine rings is 1. The Bertz CT molecular complexity index is 216. The van der Waals surface area contributed by atoms with Crippen LogP contribution in [-0.2, 0) is 9.53 Å². The van der Waals surface area contributed by atoms with Crippen molar-refractivity contribution < 1.29 is 9.53 Å². The number of hydrogen-bond acceptors (Lipinski definition) is 4. The highest BCUT2D eigenvalue weighted by Gasteiger charge is 2.20. The van der Waals surface area contributed by atoms with E-state index < -0.39 is 0 Å². The largest absolute Gasteiger partial charge is 0.375 e. The highest BCUT2D eigenvalue weighted by molar-refractivity contribution is 5.77. The molecule has 1 fully saturated rings. The van der Waals surface area contributed by atoms with Crippen molar-refractivity contribution in [2.24, 2.45) is 5.73 Å². The second-order valence-electron chi connectivity index (χ2n) is 4.50. The van der Waals surface area contributed by atoms with Gasteiger partial charge in [-0.1, -0.05) is 6.42 Å². The van der Waals surface area contributed by atoms with E-state index in [2.05, 4.69) is 4.90 Å². The molecule has 0 aromatic carbocycles. The van der Waals surface area contributed by atoms with E-state index in [9.17, 15) is 4.79 Å². The van der Waals surface area contributed by atoms with Crippen LogP contribution >= 0.6 is 0 Å². The molecule has 0 spiro atoms. The summed E-state index contributed by atoms with van der Waals surface area (Å²) in [6.45, 7) is 5.76. The van der Waals surface area contributed by atoms with E-state index in [1.165, 1.54) is 12.8 Å². The lowest BCUT2D eigenvalue weighted by molar-refractivity contribution is -0.136. The number of amides is 1. The lowest BCUT2D eigenvalue weighted by Gasteiger charge is -2.34. The van der Waals surface area contributed by atoms with Gasteiger partial charge in [0, 0.05) is 33.3 Å². The van der Waals surface area contributed by atoms with Crippen molar-refractivity contribution in [3.05, 3.63) is 0 Å². The first-order valence-electron chi connectivity index (χ1n) is 6.47. The molecule has 5 heteroatoms. The summed E-state index contributed by atoms with van der Waals surface area (Å²) in [5.74, 6) is 0.107. The quantitative estimate of drug-likeness (QED) is 0.635. The fraction of sp³-hybridized carbons (Fsp3) is 0.917. The molecule has 0 saturated carbocycles. The highest BCUT2D eigenvalue weighted by atomic mass is 16.5. The van der Waals surface area contributed by atoms with Crippen LogP contribution in [0.15, 0.2) is 0 Å². The molecule has 1 rings (SSSR count). The van der Waals surface area contributed by atoms with E-state index in [1.807, 2.05) is 4.90 Å². The zero-order valence-electron chi connectivity index (χ0n) is 10.9. The third kappa shape index (κ3) is 5.48. The molecule has 100 valence electrons. The number of ether oxygens (including phenoxy) is 1. The third-order valence-electron chi connectivity index (χ3n) is 3.17. The number of hydrogen-bond donors (Lipinski definition) is 1. The number of nitrogens with zero attached hydrogens (tertiary/aromatic N) is 2. The Morgan fingerprint density at radius 1 is 1.18 bits per heavy atom. The van der Waals surface area contributed by atoms with Gasteiger partial charge in [-0.25, -0.2) is 0 Å². The van der Waals surface area contributed by atoms with Crippen LogP contribution in [0, 0.1) is 0 Å². The topological polar surface area (TPSA) is 58.8 Å². The summed E-state index contributed by atoms with van der Waals surface area (Å²) in [6.07, 6.45) is 3.54. The van der Waals surface area contributed by atoms with Crippen LogP contribution in [0.5, 0.6) is 0 Å². The van der Waals surface area contributed by atoms with Crippen LogP contribution < -0.4 is 5.73 Å². The Labute approximate surface area is 104 Å². The van der Waals surface area contributed by atoms with Crippen molar-refractivity contribution in [2.75, 3.05) is 53.0 Å². The molecule has 0 aromatic rings. The second kappa shape index (κ2) is 8.44. The summed E-state index contributed by atoms with van der Waals surface area (Å²) in [7, 11) is 1.56. The zero-order chi connectivity index (χ0) is 12.5. The summed E-state index contributed by atoms with van der Waals surface area (Å²) in [5.41, 5.74) is 5.46. The summed E-state index contributed by atoms with van der Waals surface area (Å²) < 4.78 is 4.86. The van der Waals surface area contributed by atoms with E-state index in [-0.39, 0.29) is 12.5 Å². The maximum atomic E-state index is 11.6. The highest BCUT2D eigenvalue weighted by Crippen LogP contribution is 2.04. The Morgan fingerprint density at radius 3 is 2.47 bits per heavy atom. The number of carbonyl (C=O) groups excluding carboxylic acids is 1. The van der Waals surface area contributed by atoms with Crippen molar-refractivity contribution in [3.63, 3.8) is 0 Å². The number of rotatable bonds is 7. The molecule has 1 heterocycles. The Hall–Kier alpha value is -0.650. The van der Waals surface area contributed by atoms with Gasteiger partial charge in [0.2, 0.25) is 5.91 Å². The van der Waals surface area contributed by atoms with Gasteiger partial charge in [0.05, 0.1) is 0 Å². The van der Waals surface area contributed by atoms with Gasteiger partial charge in [-0.15, -0.1) is 0 Å². The van der Waals surface area contributed by atoms with Crippen molar-refractivity contribution in [3.8, 4) is 0 Å². The van der Waals surface area contributed by atoms with Crippen LogP contribution in [0.3, 0.4) is 0 Å². The minimum Gasteiger partial charge on any atom is -0.375 e. The second-order valence-corrected chi connectivity index (χ2v) is 4.50. The molecule has 5 nitrogen and oxygen atoms in total. The molecular formula is C12H25N3O2. The maximum absolute atomic E-state index is 11.6. The van der Waals surface area contributed by atoms with E-state index in [4.69, 9.17) is 10.5 Å². The van der Waals surface area contributed by atoms with Gasteiger partial charge in [0.1, 0.15) is 6.61 Å². The van der Waals surface area contributed by atoms with E-state index >= 15 is 0 Å². The summed E-state index contributed by atoms with van der Waals surface area (Å²) in [5, 5.41) is 0. The first-order chi connectivity index (χ1) is 8.27. The fourth-order valence-corrected chi connectivity index (χ4v) is 2.09. The average molecular weight is 243 g/mol. The molecular weight excluding hydrogens is 218 g/mol. The van der Waals surface area contributed by atoms with Gasteiger partial charge in [0.25, 0.3) is 0 Å². The molecule has 0 aromatic heterocycles. The molecule has 1 amide bonds. The van der Waals surface area contributed by atoms with E-state index in [0.717, 1.165) is 45.7 Å². The molecule has 0 atom stereocenters. The van der Waals surface area contributed by atoms with Crippen LogP contribution in [0.25, 0.3) is 0 Å². The van der Waals surface area contributed by atoms with Crippen LogP contribution in [0.2, 0.25) is 0 Å². The van der Waals surface area contributed by atoms with Crippen LogP contribution in [0.1, 0.15) is 19.3 Å². The van der Waals surface area contributed by atoms with Gasteiger partial charge in [-0.2, -0.15) is 0 Å². The van der Waals surface area contributed by atoms with Gasteiger partial charge in [-0.3, -0.25) is 9.69 Å². The SMILES string of the molecule is COCC(=O)N1CCN(CCCCCN)CC1. The first kappa shape index (κ1) is 14.4. The van der Waals surface area contributed by atoms with E-state index in [1.54, 1.807) is 7.11 Å². The predicted octanol–water partition coefficient (Wildman–Crippen LogP) is -0.0940. The number of nitrogens with two attached hydrogens (primary N) is 1. The fourth-order valence-electron chi connectivity index (χ4n) is 2.09. The maximum Gasteiger partial charge on any atom is 0.248 e. The zero-order valence-corrected chi connectivity index (χ0v) is 10.9. The molecule has 0 radical (unpaired) electrons. The van der Waals surface area contributed by atoms with Gasteiger partial charge in [0.15, 0.2) is 0 Å². The molecule has 17 heavy (non-hydrogen) atoms. The monoisotopic (exact) mass is 243 g/mol. The number of carbonyl (C=O) groups is 1. The standard InChI is InChI=1S/C12H25N3O2/c1-17-11-12(16)15-9-7-14(8-10-15)6-4-2-3-5-13/h2-11,13H2,1H3. The lowest BCUT2D eigenvalue weighted by atomic mass is 10.2. The van der Waals surface area contributed by atoms with Crippen molar-refractivity contribution in [1.82, 2.24) is 9.80 Å². The molecule has 1 aliphatic heterocycles. The van der Waals surface area contributed by atoms with Gasteiger partial charge >= 0.3 is 0 Å². The molecule has 0 unspecified atom stereocenters. The summed E-state index contributed by atoms with van der Waals surface area (Å²) in [6, 6.07) is 0. The minimum absolute atomic E-state index is 0.107. The van der Waals surface area contributed by atoms with Crippen molar-refractivity contribution >= 4 is 5.91 Å². The third-order valence-corrected chi connectivity index (χ3v) is 3.17. The normalized spacial score (nSPS) is 17.4. The van der Waals surface area contributed by atoms with E-state index in [0.29, 0.717) is 0 Å². The van der Waals surface area contributed by atoms with Gasteiger partial charge < -0.3 is 15.4 Å². The predicted molar refractivity (Wildman–Crippen MR) is 67.8 cm³/mol. The molecule has 2 N–H and O–H groups in total. The Morgan fingerprint density at radius 2 is 1.88 bits per heavy atom. The molecule has 0 bridgehead atoms. The molecule has 1 aliphatic rings. The minimum atomic E-state index is 0.107. The Balaban J connectivity index is 2.11.